The van der Waals surface area contributed by atoms with Gasteiger partial charge in [0.1, 0.15) is 12.4 Å². The van der Waals surface area contributed by atoms with Gasteiger partial charge >= 0.3 is 6.03 Å². The van der Waals surface area contributed by atoms with Crippen molar-refractivity contribution in [2.45, 2.75) is 26.0 Å². The molecule has 2 N–H and O–H groups in total. The van der Waals surface area contributed by atoms with Crippen LogP contribution in [0.5, 0.6) is 5.75 Å². The fraction of sp³-hybridized carbons (Fsp3) is 0.300. The Balaban J connectivity index is 1.61. The van der Waals surface area contributed by atoms with Crippen LogP contribution in [0.25, 0.3) is 0 Å². The standard InChI is InChI=1S/C20H22ClN3O3/c1-14-12-22-19(25)9-10-24(14)20(26)23-16-7-8-18(17(21)11-16)27-13-15-5-3-2-4-6-15/h2-8,11,14H,9-10,12-13H2,1H3,(H,22,25)(H,23,26)/t14-/m0/s1. The molecular weight excluding hydrogens is 366 g/mol. The molecule has 0 unspecified atom stereocenters. The van der Waals surface area contributed by atoms with Gasteiger partial charge in [0.15, 0.2) is 0 Å². The van der Waals surface area contributed by atoms with Gasteiger partial charge in [-0.2, -0.15) is 0 Å². The second-order valence-corrected chi connectivity index (χ2v) is 6.85. The Hall–Kier alpha value is -2.73. The normalized spacial score (nSPS) is 17.0. The lowest BCUT2D eigenvalue weighted by atomic mass is 10.2. The van der Waals surface area contributed by atoms with E-state index in [1.807, 2.05) is 37.3 Å². The summed E-state index contributed by atoms with van der Waals surface area (Å²) in [6.07, 6.45) is 0.296. The molecule has 0 aromatic heterocycles. The smallest absolute Gasteiger partial charge is 0.322 e. The first kappa shape index (κ1) is 19.0. The molecule has 142 valence electrons. The number of amides is 3. The Labute approximate surface area is 163 Å². The number of carbonyl (C=O) groups excluding carboxylic acids is 2. The summed E-state index contributed by atoms with van der Waals surface area (Å²) < 4.78 is 5.74. The molecule has 2 aromatic rings. The molecule has 0 aliphatic carbocycles. The first-order valence-electron chi connectivity index (χ1n) is 8.83. The number of anilines is 1. The van der Waals surface area contributed by atoms with Crippen LogP contribution < -0.4 is 15.4 Å². The third kappa shape index (κ3) is 5.14. The second-order valence-electron chi connectivity index (χ2n) is 6.45. The molecule has 0 saturated carbocycles. The van der Waals surface area contributed by atoms with Crippen LogP contribution in [0.2, 0.25) is 5.02 Å². The molecule has 1 heterocycles. The highest BCUT2D eigenvalue weighted by Crippen LogP contribution is 2.28. The highest BCUT2D eigenvalue weighted by Gasteiger charge is 2.24. The number of nitrogens with zero attached hydrogens (tertiary/aromatic N) is 1. The van der Waals surface area contributed by atoms with E-state index < -0.39 is 0 Å². The van der Waals surface area contributed by atoms with Gasteiger partial charge in [-0.05, 0) is 30.7 Å². The molecule has 6 nitrogen and oxygen atoms in total. The lowest BCUT2D eigenvalue weighted by molar-refractivity contribution is -0.120. The summed E-state index contributed by atoms with van der Waals surface area (Å²) in [4.78, 5) is 25.7. The van der Waals surface area contributed by atoms with E-state index in [4.69, 9.17) is 16.3 Å². The molecule has 3 amide bonds. The van der Waals surface area contributed by atoms with E-state index in [2.05, 4.69) is 10.6 Å². The van der Waals surface area contributed by atoms with Crippen molar-refractivity contribution in [3.05, 3.63) is 59.1 Å². The maximum atomic E-state index is 12.5. The number of carbonyl (C=O) groups is 2. The van der Waals surface area contributed by atoms with E-state index >= 15 is 0 Å². The number of urea groups is 1. The van der Waals surface area contributed by atoms with Crippen molar-refractivity contribution in [1.29, 1.82) is 0 Å². The number of nitrogens with one attached hydrogen (secondary N) is 2. The number of ether oxygens (including phenoxy) is 1. The summed E-state index contributed by atoms with van der Waals surface area (Å²) in [6.45, 7) is 3.14. The first-order chi connectivity index (χ1) is 13.0. The summed E-state index contributed by atoms with van der Waals surface area (Å²) in [6, 6.07) is 14.6. The van der Waals surface area contributed by atoms with Gasteiger partial charge in [0.25, 0.3) is 0 Å². The Morgan fingerprint density at radius 1 is 1.30 bits per heavy atom. The first-order valence-corrected chi connectivity index (χ1v) is 9.21. The van der Waals surface area contributed by atoms with Crippen LogP contribution in [0.4, 0.5) is 10.5 Å². The third-order valence-electron chi connectivity index (χ3n) is 4.39. The largest absolute Gasteiger partial charge is 0.487 e. The van der Waals surface area contributed by atoms with Crippen LogP contribution in [0.15, 0.2) is 48.5 Å². The monoisotopic (exact) mass is 387 g/mol. The summed E-state index contributed by atoms with van der Waals surface area (Å²) in [5.41, 5.74) is 1.62. The topological polar surface area (TPSA) is 70.7 Å². The molecule has 0 spiro atoms. The molecule has 1 saturated heterocycles. The lowest BCUT2D eigenvalue weighted by Gasteiger charge is -2.26. The van der Waals surface area contributed by atoms with E-state index in [0.29, 0.717) is 42.6 Å². The quantitative estimate of drug-likeness (QED) is 0.841. The van der Waals surface area contributed by atoms with Gasteiger partial charge in [-0.3, -0.25) is 4.79 Å². The minimum Gasteiger partial charge on any atom is -0.487 e. The van der Waals surface area contributed by atoms with E-state index in [-0.39, 0.29) is 18.0 Å². The molecule has 1 fully saturated rings. The van der Waals surface area contributed by atoms with E-state index in [9.17, 15) is 9.59 Å². The van der Waals surface area contributed by atoms with E-state index in [1.165, 1.54) is 0 Å². The van der Waals surface area contributed by atoms with Crippen LogP contribution in [0.1, 0.15) is 18.9 Å². The van der Waals surface area contributed by atoms with Crippen LogP contribution in [-0.2, 0) is 11.4 Å². The zero-order valence-corrected chi connectivity index (χ0v) is 15.8. The lowest BCUT2D eigenvalue weighted by Crippen LogP contribution is -2.44. The maximum Gasteiger partial charge on any atom is 0.322 e. The maximum absolute atomic E-state index is 12.5. The number of hydrogen-bond acceptors (Lipinski definition) is 3. The molecule has 0 radical (unpaired) electrons. The van der Waals surface area contributed by atoms with Gasteiger partial charge < -0.3 is 20.3 Å². The summed E-state index contributed by atoms with van der Waals surface area (Å²) in [5, 5.41) is 6.04. The minimum atomic E-state index is -0.256. The molecule has 3 rings (SSSR count). The van der Waals surface area contributed by atoms with Gasteiger partial charge in [-0.1, -0.05) is 41.9 Å². The van der Waals surface area contributed by atoms with Crippen LogP contribution in [0.3, 0.4) is 0 Å². The highest BCUT2D eigenvalue weighted by atomic mass is 35.5. The molecule has 27 heavy (non-hydrogen) atoms. The van der Waals surface area contributed by atoms with Crippen molar-refractivity contribution < 1.29 is 14.3 Å². The number of rotatable bonds is 4. The number of halogens is 1. The Morgan fingerprint density at radius 3 is 2.81 bits per heavy atom. The molecular formula is C20H22ClN3O3. The SMILES string of the molecule is C[C@H]1CNC(=O)CCN1C(=O)Nc1ccc(OCc2ccccc2)c(Cl)c1. The number of benzene rings is 2. The van der Waals surface area contributed by atoms with Crippen molar-refractivity contribution in [2.24, 2.45) is 0 Å². The zero-order chi connectivity index (χ0) is 19.2. The minimum absolute atomic E-state index is 0.0416. The van der Waals surface area contributed by atoms with Crippen molar-refractivity contribution in [3.8, 4) is 5.75 Å². The molecule has 7 heteroatoms. The molecule has 0 bridgehead atoms. The molecule has 1 aliphatic heterocycles. The second kappa shape index (κ2) is 8.77. The summed E-state index contributed by atoms with van der Waals surface area (Å²) >= 11 is 6.29. The zero-order valence-electron chi connectivity index (χ0n) is 15.1. The highest BCUT2D eigenvalue weighted by molar-refractivity contribution is 6.32. The molecule has 1 atom stereocenters. The van der Waals surface area contributed by atoms with E-state index in [0.717, 1.165) is 5.56 Å². The predicted octanol–water partition coefficient (Wildman–Crippen LogP) is 3.66. The summed E-state index contributed by atoms with van der Waals surface area (Å²) in [7, 11) is 0. The van der Waals surface area contributed by atoms with Gasteiger partial charge in [0.2, 0.25) is 5.91 Å². The van der Waals surface area contributed by atoms with Crippen LogP contribution in [0, 0.1) is 0 Å². The average molecular weight is 388 g/mol. The van der Waals surface area contributed by atoms with Crippen LogP contribution >= 0.6 is 11.6 Å². The third-order valence-corrected chi connectivity index (χ3v) is 4.68. The van der Waals surface area contributed by atoms with E-state index in [1.54, 1.807) is 23.1 Å². The van der Waals surface area contributed by atoms with Crippen LogP contribution in [-0.4, -0.2) is 36.0 Å². The van der Waals surface area contributed by atoms with Gasteiger partial charge in [-0.25, -0.2) is 4.79 Å². The van der Waals surface area contributed by atoms with Gasteiger partial charge in [-0.15, -0.1) is 0 Å². The number of hydrogen-bond donors (Lipinski definition) is 2. The molecule has 1 aliphatic rings. The predicted molar refractivity (Wildman–Crippen MR) is 105 cm³/mol. The summed E-state index contributed by atoms with van der Waals surface area (Å²) in [5.74, 6) is 0.511. The Kier molecular flexibility index (Phi) is 6.19. The Morgan fingerprint density at radius 2 is 2.07 bits per heavy atom. The fourth-order valence-electron chi connectivity index (χ4n) is 2.83. The Bertz CT molecular complexity index is 813. The van der Waals surface area contributed by atoms with Crippen molar-refractivity contribution in [2.75, 3.05) is 18.4 Å². The fourth-order valence-corrected chi connectivity index (χ4v) is 3.07. The van der Waals surface area contributed by atoms with Crippen molar-refractivity contribution >= 4 is 29.2 Å². The van der Waals surface area contributed by atoms with Gasteiger partial charge in [0.05, 0.1) is 5.02 Å². The van der Waals surface area contributed by atoms with Crippen molar-refractivity contribution in [1.82, 2.24) is 10.2 Å². The average Bonchev–Trinajstić information content (AvgIpc) is 2.83. The van der Waals surface area contributed by atoms with Crippen molar-refractivity contribution in [3.63, 3.8) is 0 Å². The molecule has 2 aromatic carbocycles. The van der Waals surface area contributed by atoms with Gasteiger partial charge in [0, 0.05) is 31.2 Å².